The molecule has 0 spiro atoms. The summed E-state index contributed by atoms with van der Waals surface area (Å²) in [6, 6.07) is 5.19. The number of hydrogen-bond acceptors (Lipinski definition) is 4. The second-order valence-corrected chi connectivity index (χ2v) is 4.31. The van der Waals surface area contributed by atoms with Gasteiger partial charge >= 0.3 is 18.1 Å². The molecule has 0 bridgehead atoms. The van der Waals surface area contributed by atoms with Crippen LogP contribution in [0.3, 0.4) is 0 Å². The van der Waals surface area contributed by atoms with Crippen molar-refractivity contribution in [1.29, 1.82) is 0 Å². The maximum Gasteiger partial charge on any atom is 0.471 e. The summed E-state index contributed by atoms with van der Waals surface area (Å²) in [5, 5.41) is 8.71. The van der Waals surface area contributed by atoms with Gasteiger partial charge in [0.25, 0.3) is 0 Å². The van der Waals surface area contributed by atoms with Gasteiger partial charge in [-0.3, -0.25) is 4.79 Å². The molecule has 0 saturated carbocycles. The van der Waals surface area contributed by atoms with Gasteiger partial charge in [0.1, 0.15) is 11.5 Å². The summed E-state index contributed by atoms with van der Waals surface area (Å²) in [4.78, 5) is 22.6. The van der Waals surface area contributed by atoms with Gasteiger partial charge < -0.3 is 18.8 Å². The fraction of sp³-hybridized carbons (Fsp3) is 0.231. The Morgan fingerprint density at radius 1 is 1.14 bits per heavy atom. The molecule has 118 valence electrons. The number of rotatable bonds is 5. The Labute approximate surface area is 121 Å². The molecule has 6 nitrogen and oxygen atoms in total. The van der Waals surface area contributed by atoms with E-state index in [0.717, 1.165) is 6.07 Å². The van der Waals surface area contributed by atoms with Crippen molar-refractivity contribution in [3.63, 3.8) is 0 Å². The topological polar surface area (TPSA) is 83.9 Å². The smallest absolute Gasteiger partial charge is 0.471 e. The minimum Gasteiger partial charge on any atom is -0.475 e. The summed E-state index contributed by atoms with van der Waals surface area (Å²) in [6.45, 7) is -0.958. The van der Waals surface area contributed by atoms with E-state index in [1.165, 1.54) is 24.5 Å². The molecule has 2 heterocycles. The first-order valence-electron chi connectivity index (χ1n) is 5.98. The van der Waals surface area contributed by atoms with Gasteiger partial charge in [0, 0.05) is 0 Å². The zero-order chi connectivity index (χ0) is 16.3. The van der Waals surface area contributed by atoms with Crippen LogP contribution in [0.15, 0.2) is 39.4 Å². The molecule has 0 unspecified atom stereocenters. The van der Waals surface area contributed by atoms with Crippen LogP contribution in [0.5, 0.6) is 0 Å². The van der Waals surface area contributed by atoms with Crippen molar-refractivity contribution in [2.75, 3.05) is 0 Å². The van der Waals surface area contributed by atoms with Crippen molar-refractivity contribution >= 4 is 11.9 Å². The van der Waals surface area contributed by atoms with Crippen molar-refractivity contribution in [3.05, 3.63) is 47.8 Å². The van der Waals surface area contributed by atoms with Crippen LogP contribution in [-0.4, -0.2) is 28.1 Å². The van der Waals surface area contributed by atoms with Gasteiger partial charge in [-0.25, -0.2) is 4.79 Å². The number of carboxylic acid groups (broad SMARTS) is 1. The normalized spacial score (nSPS) is 11.4. The number of carbonyl (C=O) groups excluding carboxylic acids is 1. The van der Waals surface area contributed by atoms with Crippen molar-refractivity contribution < 1.29 is 36.7 Å². The van der Waals surface area contributed by atoms with Crippen LogP contribution in [0.4, 0.5) is 13.2 Å². The lowest BCUT2D eigenvalue weighted by molar-refractivity contribution is -0.187. The lowest BCUT2D eigenvalue weighted by Crippen LogP contribution is -2.40. The highest BCUT2D eigenvalue weighted by molar-refractivity contribution is 5.84. The Hall–Kier alpha value is -2.71. The Morgan fingerprint density at radius 3 is 2.32 bits per heavy atom. The van der Waals surface area contributed by atoms with Crippen molar-refractivity contribution in [2.24, 2.45) is 0 Å². The summed E-state index contributed by atoms with van der Waals surface area (Å²) >= 11 is 0. The third-order valence-corrected chi connectivity index (χ3v) is 2.68. The van der Waals surface area contributed by atoms with Gasteiger partial charge in [0.15, 0.2) is 0 Å². The number of furan rings is 2. The monoisotopic (exact) mass is 317 g/mol. The van der Waals surface area contributed by atoms with Crippen LogP contribution in [0.1, 0.15) is 22.1 Å². The lowest BCUT2D eigenvalue weighted by Gasteiger charge is -2.21. The number of carbonyl (C=O) groups is 2. The molecule has 0 fully saturated rings. The first kappa shape index (κ1) is 15.7. The van der Waals surface area contributed by atoms with E-state index in [9.17, 15) is 22.8 Å². The van der Waals surface area contributed by atoms with Crippen molar-refractivity contribution in [3.8, 4) is 0 Å². The van der Waals surface area contributed by atoms with Crippen LogP contribution in [0.2, 0.25) is 0 Å². The first-order chi connectivity index (χ1) is 10.3. The fourth-order valence-corrected chi connectivity index (χ4v) is 1.74. The van der Waals surface area contributed by atoms with E-state index >= 15 is 0 Å². The molecule has 0 aliphatic carbocycles. The van der Waals surface area contributed by atoms with Gasteiger partial charge in [0.2, 0.25) is 5.76 Å². The zero-order valence-corrected chi connectivity index (χ0v) is 11.0. The summed E-state index contributed by atoms with van der Waals surface area (Å²) in [5.74, 6) is -3.78. The summed E-state index contributed by atoms with van der Waals surface area (Å²) in [7, 11) is 0. The molecule has 9 heteroatoms. The lowest BCUT2D eigenvalue weighted by atomic mass is 10.3. The molecule has 2 rings (SSSR count). The Kier molecular flexibility index (Phi) is 4.25. The molecule has 22 heavy (non-hydrogen) atoms. The third-order valence-electron chi connectivity index (χ3n) is 2.68. The van der Waals surface area contributed by atoms with E-state index in [-0.39, 0.29) is 11.5 Å². The molecule has 0 aliphatic heterocycles. The van der Waals surface area contributed by atoms with Crippen LogP contribution in [0, 0.1) is 0 Å². The standard InChI is InChI=1S/C13H10F3NO5/c14-13(15,16)12(20)17(6-8-2-1-5-21-8)7-9-3-4-10(22-9)11(18)19/h1-5H,6-7H2,(H,18,19). The van der Waals surface area contributed by atoms with Crippen LogP contribution < -0.4 is 0 Å². The zero-order valence-electron chi connectivity index (χ0n) is 11.0. The van der Waals surface area contributed by atoms with E-state index < -0.39 is 36.9 Å². The maximum atomic E-state index is 12.6. The highest BCUT2D eigenvalue weighted by atomic mass is 19.4. The third kappa shape index (κ3) is 3.68. The number of nitrogens with zero attached hydrogens (tertiary/aromatic N) is 1. The molecule has 0 radical (unpaired) electrons. The summed E-state index contributed by atoms with van der Waals surface area (Å²) in [6.07, 6.45) is -3.80. The average molecular weight is 317 g/mol. The van der Waals surface area contributed by atoms with Gasteiger partial charge in [-0.1, -0.05) is 0 Å². The van der Waals surface area contributed by atoms with Gasteiger partial charge in [-0.15, -0.1) is 0 Å². The van der Waals surface area contributed by atoms with Crippen LogP contribution in [0.25, 0.3) is 0 Å². The van der Waals surface area contributed by atoms with E-state index in [1.54, 1.807) is 0 Å². The van der Waals surface area contributed by atoms with Gasteiger partial charge in [-0.05, 0) is 24.3 Å². The second-order valence-electron chi connectivity index (χ2n) is 4.31. The summed E-state index contributed by atoms with van der Waals surface area (Å²) < 4.78 is 47.6. The minimum absolute atomic E-state index is 0.0819. The van der Waals surface area contributed by atoms with E-state index in [2.05, 4.69) is 0 Å². The van der Waals surface area contributed by atoms with E-state index in [4.69, 9.17) is 13.9 Å². The molecular weight excluding hydrogens is 307 g/mol. The molecule has 2 aromatic heterocycles. The maximum absolute atomic E-state index is 12.6. The number of halogens is 3. The van der Waals surface area contributed by atoms with Gasteiger partial charge in [-0.2, -0.15) is 13.2 Å². The fourth-order valence-electron chi connectivity index (χ4n) is 1.74. The SMILES string of the molecule is O=C(O)c1ccc(CN(Cc2ccco2)C(=O)C(F)(F)F)o1. The summed E-state index contributed by atoms with van der Waals surface area (Å²) in [5.41, 5.74) is 0. The number of carboxylic acids is 1. The largest absolute Gasteiger partial charge is 0.475 e. The Morgan fingerprint density at radius 2 is 1.82 bits per heavy atom. The second kappa shape index (κ2) is 5.96. The Balaban J connectivity index is 2.19. The molecule has 0 atom stereocenters. The molecule has 2 aromatic rings. The number of aromatic carboxylic acids is 1. The molecule has 0 aromatic carbocycles. The predicted molar refractivity (Wildman–Crippen MR) is 64.7 cm³/mol. The molecule has 0 saturated heterocycles. The Bertz CT molecular complexity index is 660. The van der Waals surface area contributed by atoms with E-state index in [0.29, 0.717) is 4.90 Å². The van der Waals surface area contributed by atoms with E-state index in [1.807, 2.05) is 0 Å². The average Bonchev–Trinajstić information content (AvgIpc) is 3.07. The van der Waals surface area contributed by atoms with Crippen LogP contribution >= 0.6 is 0 Å². The number of alkyl halides is 3. The minimum atomic E-state index is -5.06. The van der Waals surface area contributed by atoms with Crippen LogP contribution in [-0.2, 0) is 17.9 Å². The molecule has 0 aliphatic rings. The molecule has 1 N–H and O–H groups in total. The molecule has 1 amide bonds. The number of amides is 1. The van der Waals surface area contributed by atoms with Crippen molar-refractivity contribution in [2.45, 2.75) is 19.3 Å². The van der Waals surface area contributed by atoms with Crippen molar-refractivity contribution in [1.82, 2.24) is 4.90 Å². The quantitative estimate of drug-likeness (QED) is 0.916. The van der Waals surface area contributed by atoms with Gasteiger partial charge in [0.05, 0.1) is 19.4 Å². The number of hydrogen-bond donors (Lipinski definition) is 1. The highest BCUT2D eigenvalue weighted by Crippen LogP contribution is 2.22. The first-order valence-corrected chi connectivity index (χ1v) is 5.98. The highest BCUT2D eigenvalue weighted by Gasteiger charge is 2.43. The predicted octanol–water partition coefficient (Wildman–Crippen LogP) is 2.66. The molecular formula is C13H10F3NO5.